The molecule has 0 bridgehead atoms. The van der Waals surface area contributed by atoms with Gasteiger partial charge in [0.25, 0.3) is 5.91 Å². The van der Waals surface area contributed by atoms with Crippen LogP contribution in [0.3, 0.4) is 0 Å². The van der Waals surface area contributed by atoms with Crippen LogP contribution in [0.1, 0.15) is 5.56 Å². The van der Waals surface area contributed by atoms with Gasteiger partial charge in [0.1, 0.15) is 5.75 Å². The molecule has 1 heterocycles. The quantitative estimate of drug-likeness (QED) is 0.291. The molecule has 0 aliphatic carbocycles. The number of benzene rings is 1. The molecule has 1 saturated heterocycles. The first-order valence-corrected chi connectivity index (χ1v) is 6.56. The third kappa shape index (κ3) is 3.78. The van der Waals surface area contributed by atoms with Gasteiger partial charge in [-0.3, -0.25) is 9.79 Å². The number of hydrogen-bond donors (Lipinski definition) is 2. The van der Waals surface area contributed by atoms with Gasteiger partial charge in [0.2, 0.25) is 0 Å². The number of hydrogen-bond acceptors (Lipinski definition) is 5. The van der Waals surface area contributed by atoms with Gasteiger partial charge < -0.3 is 10.4 Å². The van der Waals surface area contributed by atoms with E-state index < -0.39 is 0 Å². The Labute approximate surface area is 119 Å². The van der Waals surface area contributed by atoms with Gasteiger partial charge in [0.05, 0.1) is 4.91 Å². The van der Waals surface area contributed by atoms with Crippen LogP contribution in [0.25, 0.3) is 16.5 Å². The molecule has 1 aromatic rings. The second-order valence-corrected chi connectivity index (χ2v) is 4.83. The van der Waals surface area contributed by atoms with Crippen LogP contribution < -0.4 is 5.32 Å². The third-order valence-corrected chi connectivity index (χ3v) is 3.31. The van der Waals surface area contributed by atoms with Crippen molar-refractivity contribution in [2.24, 2.45) is 10.1 Å². The summed E-state index contributed by atoms with van der Waals surface area (Å²) in [7, 11) is 0. The van der Waals surface area contributed by atoms with Gasteiger partial charge in [-0.15, -0.1) is 0 Å². The van der Waals surface area contributed by atoms with Crippen LogP contribution in [-0.2, 0) is 4.79 Å². The monoisotopic (exact) mass is 289 g/mol. The molecular formula is C12H11N5O2S. The lowest BCUT2D eigenvalue weighted by atomic mass is 10.2. The second kappa shape index (κ2) is 6.65. The minimum atomic E-state index is -0.217. The molecule has 1 fully saturated rings. The highest BCUT2D eigenvalue weighted by atomic mass is 32.2. The van der Waals surface area contributed by atoms with Crippen LogP contribution in [0.15, 0.2) is 39.3 Å². The molecule has 0 spiro atoms. The van der Waals surface area contributed by atoms with Gasteiger partial charge in [-0.25, -0.2) is 0 Å². The Bertz CT molecular complexity index is 617. The van der Waals surface area contributed by atoms with Crippen LogP contribution in [0.4, 0.5) is 0 Å². The molecule has 7 nitrogen and oxygen atoms in total. The number of nitrogens with one attached hydrogen (secondary N) is 1. The van der Waals surface area contributed by atoms with E-state index in [0.717, 1.165) is 5.56 Å². The number of phenolic OH excluding ortho intramolecular Hbond substituents is 1. The van der Waals surface area contributed by atoms with E-state index in [1.54, 1.807) is 30.3 Å². The van der Waals surface area contributed by atoms with Gasteiger partial charge >= 0.3 is 0 Å². The van der Waals surface area contributed by atoms with E-state index in [1.807, 2.05) is 0 Å². The van der Waals surface area contributed by atoms with Crippen molar-refractivity contribution in [2.75, 3.05) is 13.1 Å². The first-order valence-electron chi connectivity index (χ1n) is 5.74. The summed E-state index contributed by atoms with van der Waals surface area (Å²) >= 11 is 1.23. The highest BCUT2D eigenvalue weighted by Gasteiger charge is 2.23. The van der Waals surface area contributed by atoms with Crippen molar-refractivity contribution >= 4 is 28.9 Å². The maximum Gasteiger partial charge on any atom is 0.264 e. The summed E-state index contributed by atoms with van der Waals surface area (Å²) in [6, 6.07) is 6.54. The summed E-state index contributed by atoms with van der Waals surface area (Å²) in [6.45, 7) is 0.590. The number of amidine groups is 1. The van der Waals surface area contributed by atoms with Gasteiger partial charge in [0.15, 0.2) is 5.17 Å². The Morgan fingerprint density at radius 2 is 2.10 bits per heavy atom. The van der Waals surface area contributed by atoms with Crippen molar-refractivity contribution < 1.29 is 9.90 Å². The van der Waals surface area contributed by atoms with Crippen LogP contribution >= 0.6 is 11.8 Å². The van der Waals surface area contributed by atoms with E-state index in [-0.39, 0.29) is 18.2 Å². The van der Waals surface area contributed by atoms with Crippen molar-refractivity contribution in [3.05, 3.63) is 45.2 Å². The lowest BCUT2D eigenvalue weighted by molar-refractivity contribution is -0.115. The molecule has 2 N–H and O–H groups in total. The molecule has 8 heteroatoms. The molecule has 2 rings (SSSR count). The zero-order valence-corrected chi connectivity index (χ0v) is 11.2. The van der Waals surface area contributed by atoms with Gasteiger partial charge in [-0.05, 0) is 41.1 Å². The van der Waals surface area contributed by atoms with E-state index in [4.69, 9.17) is 5.53 Å². The number of rotatable bonds is 4. The maximum absolute atomic E-state index is 11.7. The molecule has 0 aromatic heterocycles. The number of carbonyl (C=O) groups excluding carboxylic acids is 1. The van der Waals surface area contributed by atoms with E-state index >= 15 is 0 Å². The number of amides is 1. The maximum atomic E-state index is 11.7. The fourth-order valence-corrected chi connectivity index (χ4v) is 2.31. The van der Waals surface area contributed by atoms with Crippen LogP contribution in [0.5, 0.6) is 5.75 Å². The van der Waals surface area contributed by atoms with Crippen LogP contribution in [-0.4, -0.2) is 29.3 Å². The normalized spacial score (nSPS) is 18.1. The summed E-state index contributed by atoms with van der Waals surface area (Å²) < 4.78 is 0. The Kier molecular flexibility index (Phi) is 4.65. The minimum absolute atomic E-state index is 0.177. The fourth-order valence-electron chi connectivity index (χ4n) is 1.46. The highest BCUT2D eigenvalue weighted by molar-refractivity contribution is 8.18. The molecule has 0 unspecified atom stereocenters. The molecule has 1 amide bonds. The molecule has 1 aliphatic heterocycles. The van der Waals surface area contributed by atoms with Crippen LogP contribution in [0.2, 0.25) is 0 Å². The summed E-state index contributed by atoms with van der Waals surface area (Å²) in [5.74, 6) is -0.0402. The topological polar surface area (TPSA) is 110 Å². The first-order chi connectivity index (χ1) is 9.69. The number of aliphatic imine (C=N–C) groups is 1. The van der Waals surface area contributed by atoms with Crippen molar-refractivity contribution in [1.82, 2.24) is 5.32 Å². The molecule has 1 aromatic carbocycles. The Balaban J connectivity index is 2.05. The molecule has 0 radical (unpaired) electrons. The van der Waals surface area contributed by atoms with Crippen molar-refractivity contribution in [3.8, 4) is 5.75 Å². The minimum Gasteiger partial charge on any atom is -0.508 e. The standard InChI is InChI=1S/C12H11N5O2S/c13-17-15-6-5-14-12-16-11(19)10(20-12)7-8-1-3-9(18)4-2-8/h1-4,7,18H,5-6H2,(H,14,16,19)/b10-7-. The summed E-state index contributed by atoms with van der Waals surface area (Å²) in [5.41, 5.74) is 8.95. The van der Waals surface area contributed by atoms with Crippen molar-refractivity contribution in [3.63, 3.8) is 0 Å². The SMILES string of the molecule is [N-]=[N+]=NCCN=C1NC(=O)/C(=C/c2ccc(O)cc2)S1. The molecular weight excluding hydrogens is 278 g/mol. The molecule has 20 heavy (non-hydrogen) atoms. The smallest absolute Gasteiger partial charge is 0.264 e. The number of thioether (sulfide) groups is 1. The van der Waals surface area contributed by atoms with E-state index in [2.05, 4.69) is 20.3 Å². The van der Waals surface area contributed by atoms with E-state index in [1.165, 1.54) is 11.8 Å². The lowest BCUT2D eigenvalue weighted by Crippen LogP contribution is -2.20. The number of phenols is 1. The molecule has 0 atom stereocenters. The van der Waals surface area contributed by atoms with Gasteiger partial charge in [-0.1, -0.05) is 17.2 Å². The Morgan fingerprint density at radius 1 is 1.35 bits per heavy atom. The Hall–Kier alpha value is -2.44. The number of nitrogens with zero attached hydrogens (tertiary/aromatic N) is 4. The highest BCUT2D eigenvalue weighted by Crippen LogP contribution is 2.26. The zero-order chi connectivity index (χ0) is 14.4. The first kappa shape index (κ1) is 14.0. The zero-order valence-electron chi connectivity index (χ0n) is 10.4. The molecule has 1 aliphatic rings. The average molecular weight is 289 g/mol. The summed E-state index contributed by atoms with van der Waals surface area (Å²) in [4.78, 5) is 19.0. The third-order valence-electron chi connectivity index (χ3n) is 2.36. The van der Waals surface area contributed by atoms with Gasteiger partial charge in [0, 0.05) is 18.0 Å². The predicted octanol–water partition coefficient (Wildman–Crippen LogP) is 2.26. The largest absolute Gasteiger partial charge is 0.508 e. The molecule has 102 valence electrons. The Morgan fingerprint density at radius 3 is 2.80 bits per heavy atom. The summed E-state index contributed by atoms with van der Waals surface area (Å²) in [6.07, 6.45) is 1.72. The van der Waals surface area contributed by atoms with Crippen LogP contribution in [0, 0.1) is 0 Å². The molecule has 0 saturated carbocycles. The number of carbonyl (C=O) groups is 1. The van der Waals surface area contributed by atoms with E-state index in [0.29, 0.717) is 16.6 Å². The van der Waals surface area contributed by atoms with Crippen molar-refractivity contribution in [1.29, 1.82) is 0 Å². The number of azide groups is 1. The lowest BCUT2D eigenvalue weighted by Gasteiger charge is -1.95. The number of aromatic hydroxyl groups is 1. The van der Waals surface area contributed by atoms with E-state index in [9.17, 15) is 9.90 Å². The average Bonchev–Trinajstić information content (AvgIpc) is 2.78. The predicted molar refractivity (Wildman–Crippen MR) is 78.1 cm³/mol. The second-order valence-electron chi connectivity index (χ2n) is 3.80. The summed E-state index contributed by atoms with van der Waals surface area (Å²) in [5, 5.41) is 15.7. The van der Waals surface area contributed by atoms with Crippen molar-refractivity contribution in [2.45, 2.75) is 0 Å². The fraction of sp³-hybridized carbons (Fsp3) is 0.167. The van der Waals surface area contributed by atoms with Gasteiger partial charge in [-0.2, -0.15) is 0 Å².